The molecule has 0 aliphatic carbocycles. The van der Waals surface area contributed by atoms with Crippen LogP contribution in [0.15, 0.2) is 237 Å². The average Bonchev–Trinajstić information content (AvgIpc) is 3.76. The molecule has 12 aromatic rings. The molecule has 7 heteroatoms. The van der Waals surface area contributed by atoms with Gasteiger partial charge in [0.1, 0.15) is 0 Å². The maximum atomic E-state index is 5.31. The molecule has 0 atom stereocenters. The predicted molar refractivity (Wildman–Crippen MR) is 271 cm³/mol. The summed E-state index contributed by atoms with van der Waals surface area (Å²) >= 11 is 0. The number of benzene rings is 9. The molecule has 0 unspecified atom stereocenters. The molecule has 9 aromatic carbocycles. The minimum Gasteiger partial charge on any atom is -0.309 e. The summed E-state index contributed by atoms with van der Waals surface area (Å²) in [6.45, 7) is 0. The first-order chi connectivity index (χ1) is 33.2. The first-order valence-corrected chi connectivity index (χ1v) is 22.3. The summed E-state index contributed by atoms with van der Waals surface area (Å²) in [4.78, 5) is 31.0. The molecule has 67 heavy (non-hydrogen) atoms. The molecule has 0 bridgehead atoms. The van der Waals surface area contributed by atoms with Crippen molar-refractivity contribution in [2.45, 2.75) is 0 Å². The van der Waals surface area contributed by atoms with Crippen LogP contribution in [0.25, 0.3) is 118 Å². The Kier molecular flexibility index (Phi) is 10.0. The Morgan fingerprint density at radius 3 is 1.12 bits per heavy atom. The first kappa shape index (κ1) is 39.4. The van der Waals surface area contributed by atoms with Crippen molar-refractivity contribution in [1.82, 2.24) is 34.5 Å². The molecule has 0 spiro atoms. The van der Waals surface area contributed by atoms with E-state index in [1.807, 2.05) is 121 Å². The van der Waals surface area contributed by atoms with E-state index in [9.17, 15) is 0 Å². The molecule has 3 heterocycles. The highest BCUT2D eigenvalue weighted by atomic mass is 15.0. The molecular weight excluding hydrogens is 819 g/mol. The van der Waals surface area contributed by atoms with Gasteiger partial charge < -0.3 is 4.57 Å². The van der Waals surface area contributed by atoms with Crippen LogP contribution in [-0.2, 0) is 0 Å². The summed E-state index contributed by atoms with van der Waals surface area (Å²) in [5.41, 5.74) is 12.7. The summed E-state index contributed by atoms with van der Waals surface area (Å²) in [7, 11) is 0. The van der Waals surface area contributed by atoms with Gasteiger partial charge in [-0.3, -0.25) is 0 Å². The van der Waals surface area contributed by atoms with Crippen LogP contribution < -0.4 is 0 Å². The van der Waals surface area contributed by atoms with Crippen LogP contribution in [0.4, 0.5) is 0 Å². The molecule has 0 aliphatic rings. The van der Waals surface area contributed by atoms with Crippen LogP contribution in [0.2, 0.25) is 0 Å². The SMILES string of the molecule is c1ccc(-c2nc(-c3ccccc3)nc(-c3ccc(-c4cc(-c5ccccc5)c5c(c4)c4ccccc4n5-c4ccccc4)c(-c4nc(-c5ccccc5)nc(-c5ccccc5)n4)c3)n2)cc1. The van der Waals surface area contributed by atoms with Crippen molar-refractivity contribution in [3.63, 3.8) is 0 Å². The fraction of sp³-hybridized carbons (Fsp3) is 0. The molecule has 0 saturated heterocycles. The lowest BCUT2D eigenvalue weighted by Gasteiger charge is -2.17. The second-order valence-corrected chi connectivity index (χ2v) is 16.3. The van der Waals surface area contributed by atoms with Gasteiger partial charge in [-0.05, 0) is 53.1 Å². The second-order valence-electron chi connectivity index (χ2n) is 16.3. The van der Waals surface area contributed by atoms with Crippen molar-refractivity contribution in [2.24, 2.45) is 0 Å². The normalized spacial score (nSPS) is 11.3. The van der Waals surface area contributed by atoms with Crippen molar-refractivity contribution in [3.8, 4) is 96.3 Å². The van der Waals surface area contributed by atoms with E-state index in [0.29, 0.717) is 34.9 Å². The van der Waals surface area contributed by atoms with Crippen LogP contribution in [0.3, 0.4) is 0 Å². The summed E-state index contributed by atoms with van der Waals surface area (Å²) < 4.78 is 2.39. The van der Waals surface area contributed by atoms with Gasteiger partial charge in [0.05, 0.1) is 11.0 Å². The molecule has 0 amide bonds. The maximum absolute atomic E-state index is 5.31. The van der Waals surface area contributed by atoms with Gasteiger partial charge >= 0.3 is 0 Å². The van der Waals surface area contributed by atoms with Gasteiger partial charge in [0.15, 0.2) is 34.9 Å². The van der Waals surface area contributed by atoms with Crippen LogP contribution in [0.1, 0.15) is 0 Å². The monoisotopic (exact) mass is 857 g/mol. The Morgan fingerprint density at radius 2 is 0.627 bits per heavy atom. The van der Waals surface area contributed by atoms with Crippen molar-refractivity contribution >= 4 is 21.8 Å². The topological polar surface area (TPSA) is 82.3 Å². The fourth-order valence-corrected chi connectivity index (χ4v) is 8.92. The average molecular weight is 858 g/mol. The van der Waals surface area contributed by atoms with Crippen molar-refractivity contribution in [2.75, 3.05) is 0 Å². The summed E-state index contributed by atoms with van der Waals surface area (Å²) in [6.07, 6.45) is 0. The van der Waals surface area contributed by atoms with Crippen molar-refractivity contribution < 1.29 is 0 Å². The minimum atomic E-state index is 0.526. The maximum Gasteiger partial charge on any atom is 0.164 e. The number of para-hydroxylation sites is 2. The van der Waals surface area contributed by atoms with Gasteiger partial charge in [-0.25, -0.2) is 29.9 Å². The summed E-state index contributed by atoms with van der Waals surface area (Å²) in [6, 6.07) is 81.3. The Bertz CT molecular complexity index is 3600. The quantitative estimate of drug-likeness (QED) is 0.144. The van der Waals surface area contributed by atoms with Gasteiger partial charge in [-0.1, -0.05) is 200 Å². The number of hydrogen-bond acceptors (Lipinski definition) is 6. The third kappa shape index (κ3) is 7.50. The highest BCUT2D eigenvalue weighted by Crippen LogP contribution is 2.44. The van der Waals surface area contributed by atoms with E-state index >= 15 is 0 Å². The van der Waals surface area contributed by atoms with E-state index in [1.165, 1.54) is 0 Å². The zero-order chi connectivity index (χ0) is 44.5. The number of nitrogens with zero attached hydrogens (tertiary/aromatic N) is 7. The zero-order valence-electron chi connectivity index (χ0n) is 36.1. The van der Waals surface area contributed by atoms with E-state index in [-0.39, 0.29) is 0 Å². The lowest BCUT2D eigenvalue weighted by atomic mass is 9.91. The minimum absolute atomic E-state index is 0.526. The standard InChI is InChI=1S/C60H39N7/c1-7-21-40(22-8-1)50-38-46(39-51-49-33-19-20-34-53(49)67(54(50)51)47-31-17-6-18-32-47)48-36-35-45(59-63-55(41-23-9-2-10-24-41)61-56(64-59)42-25-11-3-12-26-42)37-52(48)60-65-57(43-27-13-4-14-28-43)62-58(66-60)44-29-15-5-16-30-44/h1-39H. The van der Waals surface area contributed by atoms with Crippen LogP contribution in [0, 0.1) is 0 Å². The highest BCUT2D eigenvalue weighted by molar-refractivity contribution is 6.15. The van der Waals surface area contributed by atoms with E-state index < -0.39 is 0 Å². The third-order valence-corrected chi connectivity index (χ3v) is 12.1. The predicted octanol–water partition coefficient (Wildman–Crippen LogP) is 14.5. The molecule has 0 saturated carbocycles. The largest absolute Gasteiger partial charge is 0.309 e. The Balaban J connectivity index is 1.16. The summed E-state index contributed by atoms with van der Waals surface area (Å²) in [5.74, 6) is 3.38. The Labute approximate surface area is 387 Å². The number of hydrogen-bond donors (Lipinski definition) is 0. The second kappa shape index (κ2) is 17.1. The molecule has 12 rings (SSSR count). The Hall–Kier alpha value is -9.20. The molecule has 0 radical (unpaired) electrons. The van der Waals surface area contributed by atoms with Crippen LogP contribution >= 0.6 is 0 Å². The van der Waals surface area contributed by atoms with E-state index in [1.54, 1.807) is 0 Å². The van der Waals surface area contributed by atoms with E-state index in [4.69, 9.17) is 29.9 Å². The number of fused-ring (bicyclic) bond motifs is 3. The highest BCUT2D eigenvalue weighted by Gasteiger charge is 2.23. The number of aromatic nitrogens is 7. The van der Waals surface area contributed by atoms with Crippen LogP contribution in [-0.4, -0.2) is 34.5 Å². The van der Waals surface area contributed by atoms with Gasteiger partial charge in [0, 0.05) is 55.4 Å². The Morgan fingerprint density at radius 1 is 0.239 bits per heavy atom. The molecular formula is C60H39N7. The number of rotatable bonds is 9. The van der Waals surface area contributed by atoms with E-state index in [2.05, 4.69) is 120 Å². The van der Waals surface area contributed by atoms with Gasteiger partial charge in [-0.15, -0.1) is 0 Å². The lowest BCUT2D eigenvalue weighted by molar-refractivity contribution is 1.07. The summed E-state index contributed by atoms with van der Waals surface area (Å²) in [5, 5.41) is 2.29. The lowest BCUT2D eigenvalue weighted by Crippen LogP contribution is -2.03. The van der Waals surface area contributed by atoms with Gasteiger partial charge in [0.25, 0.3) is 0 Å². The van der Waals surface area contributed by atoms with Gasteiger partial charge in [0.2, 0.25) is 0 Å². The molecule has 314 valence electrons. The van der Waals surface area contributed by atoms with Crippen molar-refractivity contribution in [3.05, 3.63) is 237 Å². The van der Waals surface area contributed by atoms with Gasteiger partial charge in [-0.2, -0.15) is 0 Å². The third-order valence-electron chi connectivity index (χ3n) is 12.1. The van der Waals surface area contributed by atoms with E-state index in [0.717, 1.165) is 83.1 Å². The molecule has 0 N–H and O–H groups in total. The van der Waals surface area contributed by atoms with Crippen molar-refractivity contribution in [1.29, 1.82) is 0 Å². The molecule has 3 aromatic heterocycles. The first-order valence-electron chi connectivity index (χ1n) is 22.3. The molecule has 0 aliphatic heterocycles. The van der Waals surface area contributed by atoms with Crippen LogP contribution in [0.5, 0.6) is 0 Å². The zero-order valence-corrected chi connectivity index (χ0v) is 36.1. The molecule has 0 fully saturated rings. The molecule has 7 nitrogen and oxygen atoms in total. The smallest absolute Gasteiger partial charge is 0.164 e. The fourth-order valence-electron chi connectivity index (χ4n) is 8.92.